The van der Waals surface area contributed by atoms with E-state index in [-0.39, 0.29) is 23.5 Å². The molecule has 0 radical (unpaired) electrons. The number of fused-ring (bicyclic) bond motifs is 4. The number of aryl methyl sites for hydroxylation is 1. The van der Waals surface area contributed by atoms with Gasteiger partial charge in [-0.2, -0.15) is 8.42 Å². The first-order chi connectivity index (χ1) is 20.4. The van der Waals surface area contributed by atoms with Crippen molar-refractivity contribution in [2.45, 2.75) is 94.7 Å². The van der Waals surface area contributed by atoms with Crippen LogP contribution >= 0.6 is 0 Å². The quantitative estimate of drug-likeness (QED) is 0.194. The van der Waals surface area contributed by atoms with Gasteiger partial charge in [0.15, 0.2) is 5.75 Å². The van der Waals surface area contributed by atoms with Crippen molar-refractivity contribution in [2.24, 2.45) is 0 Å². The SMILES string of the molecule is C=C(C1=CC2=C3Oc4ccccc4N3CCC2OC1CCC)C(C)(CCCCCC(=O)O)c1cc(S(=O)(=O)O)ccc1C. The van der Waals surface area contributed by atoms with Gasteiger partial charge in [-0.25, -0.2) is 0 Å². The lowest BCUT2D eigenvalue weighted by atomic mass is 9.67. The summed E-state index contributed by atoms with van der Waals surface area (Å²) >= 11 is 0. The molecule has 8 nitrogen and oxygen atoms in total. The Bertz CT molecular complexity index is 1590. The van der Waals surface area contributed by atoms with E-state index in [1.165, 1.54) is 6.07 Å². The van der Waals surface area contributed by atoms with Crippen molar-refractivity contribution in [2.75, 3.05) is 11.4 Å². The van der Waals surface area contributed by atoms with E-state index in [2.05, 4.69) is 37.5 Å². The summed E-state index contributed by atoms with van der Waals surface area (Å²) in [6, 6.07) is 12.7. The van der Waals surface area contributed by atoms with Gasteiger partial charge in [-0.3, -0.25) is 9.35 Å². The summed E-state index contributed by atoms with van der Waals surface area (Å²) in [6.45, 7) is 11.6. The van der Waals surface area contributed by atoms with Crippen LogP contribution in [0.15, 0.2) is 82.6 Å². The molecular formula is C34H41NO7S. The Morgan fingerprint density at radius 1 is 1.16 bits per heavy atom. The molecule has 0 spiro atoms. The van der Waals surface area contributed by atoms with Crippen molar-refractivity contribution in [3.63, 3.8) is 0 Å². The molecule has 0 aromatic heterocycles. The lowest BCUT2D eigenvalue weighted by molar-refractivity contribution is -0.137. The monoisotopic (exact) mass is 607 g/mol. The molecule has 5 rings (SSSR count). The number of hydrogen-bond donors (Lipinski definition) is 2. The van der Waals surface area contributed by atoms with Crippen LogP contribution in [0.5, 0.6) is 5.75 Å². The van der Waals surface area contributed by atoms with Gasteiger partial charge in [0.05, 0.1) is 22.8 Å². The Balaban J connectivity index is 1.59. The molecule has 9 heteroatoms. The van der Waals surface area contributed by atoms with E-state index in [1.807, 2.05) is 25.1 Å². The molecule has 0 saturated carbocycles. The minimum Gasteiger partial charge on any atom is -0.481 e. The Morgan fingerprint density at radius 2 is 1.93 bits per heavy atom. The van der Waals surface area contributed by atoms with E-state index >= 15 is 0 Å². The predicted octanol–water partition coefficient (Wildman–Crippen LogP) is 7.10. The Hall–Kier alpha value is -3.40. The molecule has 2 aromatic carbocycles. The maximum Gasteiger partial charge on any atom is 0.303 e. The number of unbranched alkanes of at least 4 members (excludes halogenated alkanes) is 2. The van der Waals surface area contributed by atoms with E-state index in [0.717, 1.165) is 71.0 Å². The molecule has 3 aliphatic rings. The van der Waals surface area contributed by atoms with Crippen LogP contribution in [0.3, 0.4) is 0 Å². The van der Waals surface area contributed by atoms with Crippen LogP contribution in [0.1, 0.15) is 76.3 Å². The Labute approximate surface area is 254 Å². The zero-order valence-corrected chi connectivity index (χ0v) is 26.0. The third-order valence-electron chi connectivity index (χ3n) is 9.04. The highest BCUT2D eigenvalue weighted by atomic mass is 32.2. The fourth-order valence-corrected chi connectivity index (χ4v) is 7.17. The van der Waals surface area contributed by atoms with Crippen molar-refractivity contribution < 1.29 is 32.3 Å². The molecule has 0 saturated heterocycles. The molecule has 43 heavy (non-hydrogen) atoms. The van der Waals surface area contributed by atoms with Crippen molar-refractivity contribution >= 4 is 21.8 Å². The molecule has 2 aromatic rings. The summed E-state index contributed by atoms with van der Waals surface area (Å²) in [4.78, 5) is 13.1. The minimum absolute atomic E-state index is 0.101. The fourth-order valence-electron chi connectivity index (χ4n) is 6.66. The summed E-state index contributed by atoms with van der Waals surface area (Å²) < 4.78 is 47.4. The highest BCUT2D eigenvalue weighted by molar-refractivity contribution is 7.85. The van der Waals surface area contributed by atoms with Crippen molar-refractivity contribution in [3.8, 4) is 5.75 Å². The smallest absolute Gasteiger partial charge is 0.303 e. The van der Waals surface area contributed by atoms with Crippen molar-refractivity contribution in [1.29, 1.82) is 0 Å². The number of ether oxygens (including phenoxy) is 2. The van der Waals surface area contributed by atoms with Gasteiger partial charge in [-0.15, -0.1) is 0 Å². The summed E-state index contributed by atoms with van der Waals surface area (Å²) in [5.74, 6) is 0.772. The van der Waals surface area contributed by atoms with Crippen LogP contribution in [-0.2, 0) is 25.1 Å². The van der Waals surface area contributed by atoms with Crippen LogP contribution in [0.25, 0.3) is 0 Å². The number of carboxylic acids is 1. The number of rotatable bonds is 12. The average molecular weight is 608 g/mol. The summed E-state index contributed by atoms with van der Waals surface area (Å²) in [7, 11) is -4.43. The highest BCUT2D eigenvalue weighted by Crippen LogP contribution is 2.49. The number of benzene rings is 2. The zero-order chi connectivity index (χ0) is 30.9. The van der Waals surface area contributed by atoms with Crippen molar-refractivity contribution in [3.05, 3.63) is 88.8 Å². The third-order valence-corrected chi connectivity index (χ3v) is 9.89. The van der Waals surface area contributed by atoms with Crippen LogP contribution in [-0.4, -0.2) is 42.8 Å². The van der Waals surface area contributed by atoms with Gasteiger partial charge in [-0.1, -0.05) is 57.9 Å². The van der Waals surface area contributed by atoms with Crippen molar-refractivity contribution in [1.82, 2.24) is 0 Å². The van der Waals surface area contributed by atoms with Crippen LogP contribution in [0.4, 0.5) is 5.69 Å². The molecule has 3 atom stereocenters. The first-order valence-corrected chi connectivity index (χ1v) is 16.5. The van der Waals surface area contributed by atoms with E-state index in [0.29, 0.717) is 25.7 Å². The van der Waals surface area contributed by atoms with Gasteiger partial charge in [-0.05, 0) is 85.2 Å². The Morgan fingerprint density at radius 3 is 2.65 bits per heavy atom. The van der Waals surface area contributed by atoms with Gasteiger partial charge >= 0.3 is 5.97 Å². The van der Waals surface area contributed by atoms with Crippen LogP contribution < -0.4 is 9.64 Å². The second kappa shape index (κ2) is 12.3. The van der Waals surface area contributed by atoms with E-state index in [4.69, 9.17) is 14.6 Å². The molecular weight excluding hydrogens is 566 g/mol. The third kappa shape index (κ3) is 6.16. The maximum atomic E-state index is 12.2. The predicted molar refractivity (Wildman–Crippen MR) is 166 cm³/mol. The van der Waals surface area contributed by atoms with Gasteiger partial charge in [0.2, 0.25) is 5.88 Å². The zero-order valence-electron chi connectivity index (χ0n) is 25.1. The number of nitrogens with zero attached hydrogens (tertiary/aromatic N) is 1. The van der Waals surface area contributed by atoms with Gasteiger partial charge in [0, 0.05) is 24.0 Å². The molecule has 2 N–H and O–H groups in total. The summed E-state index contributed by atoms with van der Waals surface area (Å²) in [5, 5.41) is 9.11. The first-order valence-electron chi connectivity index (χ1n) is 15.1. The lowest BCUT2D eigenvalue weighted by Crippen LogP contribution is -2.41. The second-order valence-corrected chi connectivity index (χ2v) is 13.4. The summed E-state index contributed by atoms with van der Waals surface area (Å²) in [6.07, 6.45) is 7.09. The topological polar surface area (TPSA) is 113 Å². The van der Waals surface area contributed by atoms with E-state index in [1.54, 1.807) is 12.1 Å². The molecule has 0 fully saturated rings. The minimum atomic E-state index is -4.43. The van der Waals surface area contributed by atoms with Crippen LogP contribution in [0.2, 0.25) is 0 Å². The number of carbonyl (C=O) groups is 1. The largest absolute Gasteiger partial charge is 0.481 e. The number of hydrogen-bond acceptors (Lipinski definition) is 6. The summed E-state index contributed by atoms with van der Waals surface area (Å²) in [5.41, 5.74) is 4.70. The number of carboxylic acid groups (broad SMARTS) is 1. The molecule has 0 aliphatic carbocycles. The van der Waals surface area contributed by atoms with E-state index < -0.39 is 21.5 Å². The van der Waals surface area contributed by atoms with E-state index in [9.17, 15) is 17.8 Å². The van der Waals surface area contributed by atoms with Crippen LogP contribution in [0, 0.1) is 6.92 Å². The Kier molecular flexibility index (Phi) is 8.88. The average Bonchev–Trinajstić information content (AvgIpc) is 3.35. The number of para-hydroxylation sites is 2. The number of anilines is 1. The van der Waals surface area contributed by atoms with Gasteiger partial charge in [0.1, 0.15) is 0 Å². The lowest BCUT2D eigenvalue weighted by Gasteiger charge is -2.42. The second-order valence-electron chi connectivity index (χ2n) is 12.0. The van der Waals surface area contributed by atoms with Gasteiger partial charge < -0.3 is 19.5 Å². The molecule has 230 valence electrons. The standard InChI is InChI=1S/C34H41NO7S/c1-5-11-29-25(21-26-30(41-29)17-19-35-28-12-8-9-13-31(28)42-33(26)35)23(3)34(4,18-10-6-7-14-32(36)37)27-20-24(43(38,39)40)16-15-22(27)2/h8-9,12-13,15-16,20-21,29-30H,3,5-7,10-11,14,17-19H2,1-2,4H3,(H,36,37)(H,38,39,40). The molecule has 3 aliphatic heterocycles. The molecule has 3 unspecified atom stereocenters. The molecule has 3 heterocycles. The number of aliphatic carboxylic acids is 1. The highest BCUT2D eigenvalue weighted by Gasteiger charge is 2.42. The fraction of sp³-hybridized carbons (Fsp3) is 0.441. The van der Waals surface area contributed by atoms with Gasteiger partial charge in [0.25, 0.3) is 10.1 Å². The maximum absolute atomic E-state index is 12.2. The molecule has 0 amide bonds. The first kappa shape index (κ1) is 31.0. The normalized spacial score (nSPS) is 20.8. The molecule has 0 bridgehead atoms.